The van der Waals surface area contributed by atoms with E-state index in [0.29, 0.717) is 11.8 Å². The average molecular weight is 189 g/mol. The van der Waals surface area contributed by atoms with Gasteiger partial charge in [0.05, 0.1) is 0 Å². The molecule has 0 spiro atoms. The van der Waals surface area contributed by atoms with Crippen LogP contribution in [0.4, 0.5) is 0 Å². The van der Waals surface area contributed by atoms with Crippen LogP contribution in [-0.2, 0) is 6.42 Å². The zero-order valence-corrected chi connectivity index (χ0v) is 8.19. The van der Waals surface area contributed by atoms with Crippen molar-refractivity contribution in [1.29, 1.82) is 0 Å². The van der Waals surface area contributed by atoms with E-state index in [4.69, 9.17) is 4.42 Å². The van der Waals surface area contributed by atoms with E-state index in [0.717, 1.165) is 12.1 Å². The van der Waals surface area contributed by atoms with Crippen molar-refractivity contribution in [3.8, 4) is 11.6 Å². The molecule has 0 fully saturated rings. The van der Waals surface area contributed by atoms with Crippen LogP contribution in [-0.4, -0.2) is 15.2 Å². The second-order valence-corrected chi connectivity index (χ2v) is 3.03. The molecule has 4 heteroatoms. The van der Waals surface area contributed by atoms with Crippen LogP contribution in [0.25, 0.3) is 11.6 Å². The van der Waals surface area contributed by atoms with Gasteiger partial charge in [-0.1, -0.05) is 13.0 Å². The highest BCUT2D eigenvalue weighted by Gasteiger charge is 2.06. The van der Waals surface area contributed by atoms with Gasteiger partial charge in [0.2, 0.25) is 5.89 Å². The molecule has 72 valence electrons. The van der Waals surface area contributed by atoms with Crippen LogP contribution >= 0.6 is 0 Å². The number of aryl methyl sites for hydroxylation is 2. The molecule has 2 rings (SSSR count). The smallest absolute Gasteiger partial charge is 0.266 e. The maximum absolute atomic E-state index is 5.26. The molecule has 0 aromatic carbocycles. The Morgan fingerprint density at radius 1 is 1.29 bits per heavy atom. The molecule has 14 heavy (non-hydrogen) atoms. The minimum Gasteiger partial charge on any atom is -0.420 e. The summed E-state index contributed by atoms with van der Waals surface area (Å²) in [5, 5.41) is 7.64. The summed E-state index contributed by atoms with van der Waals surface area (Å²) in [4.78, 5) is 4.24. The Labute approximate surface area is 82.0 Å². The Morgan fingerprint density at radius 2 is 2.14 bits per heavy atom. The maximum Gasteiger partial charge on any atom is 0.266 e. The molecule has 2 aromatic rings. The van der Waals surface area contributed by atoms with Crippen molar-refractivity contribution in [1.82, 2.24) is 15.2 Å². The molecule has 0 N–H and O–H groups in total. The summed E-state index contributed by atoms with van der Waals surface area (Å²) in [6, 6.07) is 3.91. The SMILES string of the molecule is CCc1ccc(-c2nnc(C)o2)nc1. The summed E-state index contributed by atoms with van der Waals surface area (Å²) in [5.41, 5.74) is 1.92. The largest absolute Gasteiger partial charge is 0.420 e. The predicted molar refractivity (Wildman–Crippen MR) is 51.6 cm³/mol. The summed E-state index contributed by atoms with van der Waals surface area (Å²) in [5.74, 6) is 1.03. The molecule has 0 amide bonds. The lowest BCUT2D eigenvalue weighted by Gasteiger charge is -1.96. The van der Waals surface area contributed by atoms with Gasteiger partial charge in [0.15, 0.2) is 0 Å². The van der Waals surface area contributed by atoms with E-state index in [1.807, 2.05) is 18.3 Å². The first-order valence-electron chi connectivity index (χ1n) is 4.55. The van der Waals surface area contributed by atoms with Crippen molar-refractivity contribution in [3.05, 3.63) is 29.8 Å². The van der Waals surface area contributed by atoms with E-state index >= 15 is 0 Å². The van der Waals surface area contributed by atoms with Crippen LogP contribution < -0.4 is 0 Å². The Balaban J connectivity index is 2.33. The number of pyridine rings is 1. The Hall–Kier alpha value is -1.71. The summed E-state index contributed by atoms with van der Waals surface area (Å²) in [6.07, 6.45) is 2.81. The van der Waals surface area contributed by atoms with Gasteiger partial charge in [-0.15, -0.1) is 10.2 Å². The number of rotatable bonds is 2. The van der Waals surface area contributed by atoms with Crippen molar-refractivity contribution in [2.75, 3.05) is 0 Å². The van der Waals surface area contributed by atoms with Gasteiger partial charge in [-0.3, -0.25) is 4.98 Å². The third kappa shape index (κ3) is 1.64. The second kappa shape index (κ2) is 3.57. The molecular formula is C10H11N3O. The van der Waals surface area contributed by atoms with Gasteiger partial charge in [-0.25, -0.2) is 0 Å². The minimum absolute atomic E-state index is 0.477. The van der Waals surface area contributed by atoms with Gasteiger partial charge in [0, 0.05) is 13.1 Å². The van der Waals surface area contributed by atoms with Gasteiger partial charge in [0.1, 0.15) is 5.69 Å². The number of hydrogen-bond acceptors (Lipinski definition) is 4. The van der Waals surface area contributed by atoms with Gasteiger partial charge in [-0.2, -0.15) is 0 Å². The van der Waals surface area contributed by atoms with E-state index in [1.165, 1.54) is 5.56 Å². The van der Waals surface area contributed by atoms with Gasteiger partial charge in [0.25, 0.3) is 5.89 Å². The summed E-state index contributed by atoms with van der Waals surface area (Å²) in [7, 11) is 0. The van der Waals surface area contributed by atoms with Crippen LogP contribution in [0.1, 0.15) is 18.4 Å². The van der Waals surface area contributed by atoms with Gasteiger partial charge < -0.3 is 4.42 Å². The monoisotopic (exact) mass is 189 g/mol. The van der Waals surface area contributed by atoms with E-state index in [1.54, 1.807) is 6.92 Å². The average Bonchev–Trinajstić information content (AvgIpc) is 2.65. The topological polar surface area (TPSA) is 51.8 Å². The molecule has 0 bridgehead atoms. The summed E-state index contributed by atoms with van der Waals surface area (Å²) in [6.45, 7) is 3.85. The molecule has 0 aliphatic carbocycles. The fourth-order valence-electron chi connectivity index (χ4n) is 1.16. The molecular weight excluding hydrogens is 178 g/mol. The highest BCUT2D eigenvalue weighted by atomic mass is 16.4. The Kier molecular flexibility index (Phi) is 2.26. The standard InChI is InChI=1S/C10H11N3O/c1-3-8-4-5-9(11-6-8)10-13-12-7(2)14-10/h4-6H,3H2,1-2H3. The lowest BCUT2D eigenvalue weighted by Crippen LogP contribution is -1.86. The Morgan fingerprint density at radius 3 is 2.64 bits per heavy atom. The highest BCUT2D eigenvalue weighted by molar-refractivity contribution is 5.45. The molecule has 0 aliphatic heterocycles. The van der Waals surface area contributed by atoms with Gasteiger partial charge in [-0.05, 0) is 18.1 Å². The predicted octanol–water partition coefficient (Wildman–Crippen LogP) is 2.00. The third-order valence-electron chi connectivity index (χ3n) is 1.98. The second-order valence-electron chi connectivity index (χ2n) is 3.03. The normalized spacial score (nSPS) is 10.4. The first-order chi connectivity index (χ1) is 6.79. The van der Waals surface area contributed by atoms with E-state index < -0.39 is 0 Å². The van der Waals surface area contributed by atoms with Crippen molar-refractivity contribution < 1.29 is 4.42 Å². The number of hydrogen-bond donors (Lipinski definition) is 0. The molecule has 4 nitrogen and oxygen atoms in total. The molecule has 0 unspecified atom stereocenters. The van der Waals surface area contributed by atoms with Crippen LogP contribution in [0.3, 0.4) is 0 Å². The first kappa shape index (κ1) is 8.87. The molecule has 2 aromatic heterocycles. The highest BCUT2D eigenvalue weighted by Crippen LogP contribution is 2.14. The zero-order chi connectivity index (χ0) is 9.97. The van der Waals surface area contributed by atoms with Crippen LogP contribution in [0.15, 0.2) is 22.7 Å². The molecule has 0 atom stereocenters. The fraction of sp³-hybridized carbons (Fsp3) is 0.300. The van der Waals surface area contributed by atoms with Crippen molar-refractivity contribution in [2.45, 2.75) is 20.3 Å². The van der Waals surface area contributed by atoms with E-state index in [-0.39, 0.29) is 0 Å². The van der Waals surface area contributed by atoms with Crippen LogP contribution in [0.2, 0.25) is 0 Å². The zero-order valence-electron chi connectivity index (χ0n) is 8.19. The van der Waals surface area contributed by atoms with Crippen molar-refractivity contribution in [2.24, 2.45) is 0 Å². The lowest BCUT2D eigenvalue weighted by atomic mass is 10.2. The first-order valence-corrected chi connectivity index (χ1v) is 4.55. The van der Waals surface area contributed by atoms with E-state index in [2.05, 4.69) is 22.1 Å². The van der Waals surface area contributed by atoms with E-state index in [9.17, 15) is 0 Å². The molecule has 0 aliphatic rings. The molecule has 0 radical (unpaired) electrons. The van der Waals surface area contributed by atoms with Crippen molar-refractivity contribution >= 4 is 0 Å². The number of nitrogens with zero attached hydrogens (tertiary/aromatic N) is 3. The summed E-state index contributed by atoms with van der Waals surface area (Å²) < 4.78 is 5.26. The fourth-order valence-corrected chi connectivity index (χ4v) is 1.16. The minimum atomic E-state index is 0.477. The Bertz CT molecular complexity index is 419. The quantitative estimate of drug-likeness (QED) is 0.725. The van der Waals surface area contributed by atoms with Crippen molar-refractivity contribution in [3.63, 3.8) is 0 Å². The van der Waals surface area contributed by atoms with Gasteiger partial charge >= 0.3 is 0 Å². The van der Waals surface area contributed by atoms with Crippen LogP contribution in [0, 0.1) is 6.92 Å². The third-order valence-corrected chi connectivity index (χ3v) is 1.98. The number of aromatic nitrogens is 3. The molecule has 0 saturated carbocycles. The van der Waals surface area contributed by atoms with Crippen LogP contribution in [0.5, 0.6) is 0 Å². The lowest BCUT2D eigenvalue weighted by molar-refractivity contribution is 0.531. The molecule has 2 heterocycles. The maximum atomic E-state index is 5.26. The molecule has 0 saturated heterocycles. The summed E-state index contributed by atoms with van der Waals surface area (Å²) >= 11 is 0.